The van der Waals surface area contributed by atoms with Crippen molar-refractivity contribution in [3.05, 3.63) is 17.5 Å². The third kappa shape index (κ3) is 2.98. The minimum Gasteiger partial charge on any atom is -0.480 e. The van der Waals surface area contributed by atoms with E-state index in [1.54, 1.807) is 13.0 Å². The number of aryl methyl sites for hydroxylation is 1. The van der Waals surface area contributed by atoms with Crippen LogP contribution in [0.5, 0.6) is 0 Å². The number of hydrogen-bond acceptors (Lipinski definition) is 6. The molecule has 0 bridgehead atoms. The van der Waals surface area contributed by atoms with Crippen LogP contribution in [0.15, 0.2) is 6.07 Å². The molecule has 0 radical (unpaired) electrons. The molecular weight excluding hydrogens is 248 g/mol. The summed E-state index contributed by atoms with van der Waals surface area (Å²) >= 11 is 0. The van der Waals surface area contributed by atoms with Crippen LogP contribution < -0.4 is 4.90 Å². The van der Waals surface area contributed by atoms with E-state index in [1.165, 1.54) is 0 Å². The van der Waals surface area contributed by atoms with Crippen molar-refractivity contribution in [3.8, 4) is 6.07 Å². The lowest BCUT2D eigenvalue weighted by atomic mass is 9.97. The highest BCUT2D eigenvalue weighted by atomic mass is 16.5. The molecule has 1 N–H and O–H groups in total. The summed E-state index contributed by atoms with van der Waals surface area (Å²) in [6.07, 6.45) is 0. The van der Waals surface area contributed by atoms with Crippen LogP contribution in [0.25, 0.3) is 0 Å². The zero-order chi connectivity index (χ0) is 14.0. The molecule has 2 rings (SSSR count). The molecule has 0 aromatic carbocycles. The summed E-state index contributed by atoms with van der Waals surface area (Å²) in [7, 11) is 0. The molecule has 2 heterocycles. The Kier molecular flexibility index (Phi) is 3.36. The minimum absolute atomic E-state index is 0.317. The van der Waals surface area contributed by atoms with E-state index in [2.05, 4.69) is 9.97 Å². The molecule has 19 heavy (non-hydrogen) atoms. The first-order valence-electron chi connectivity index (χ1n) is 5.78. The number of aliphatic carboxylic acids is 1. The Morgan fingerprint density at radius 1 is 1.63 bits per heavy atom. The Bertz CT molecular complexity index is 546. The van der Waals surface area contributed by atoms with Gasteiger partial charge in [-0.25, -0.2) is 14.8 Å². The number of carbonyl (C=O) groups is 1. The summed E-state index contributed by atoms with van der Waals surface area (Å²) in [5.41, 5.74) is 0.544. The second-order valence-electron chi connectivity index (χ2n) is 4.79. The number of carboxylic acids is 1. The highest BCUT2D eigenvalue weighted by Crippen LogP contribution is 2.28. The smallest absolute Gasteiger partial charge is 0.329 e. The number of carboxylic acid groups (broad SMARTS) is 1. The van der Waals surface area contributed by atoms with E-state index in [9.17, 15) is 4.79 Å². The first-order chi connectivity index (χ1) is 8.92. The Labute approximate surface area is 110 Å². The maximum absolute atomic E-state index is 10.5. The van der Waals surface area contributed by atoms with E-state index in [0.29, 0.717) is 24.7 Å². The number of nitriles is 1. The molecule has 1 saturated heterocycles. The zero-order valence-electron chi connectivity index (χ0n) is 10.8. The second-order valence-corrected chi connectivity index (χ2v) is 4.79. The molecule has 0 aliphatic carbocycles. The van der Waals surface area contributed by atoms with Gasteiger partial charge >= 0.3 is 5.97 Å². The molecule has 1 aliphatic heterocycles. The van der Waals surface area contributed by atoms with Crippen LogP contribution in [0.3, 0.4) is 0 Å². The maximum atomic E-state index is 10.5. The van der Waals surface area contributed by atoms with Crippen LogP contribution in [-0.2, 0) is 9.53 Å². The normalized spacial score (nSPS) is 16.6. The molecule has 0 spiro atoms. The monoisotopic (exact) mass is 262 g/mol. The van der Waals surface area contributed by atoms with Gasteiger partial charge in [0.05, 0.1) is 13.1 Å². The quantitative estimate of drug-likeness (QED) is 0.834. The fraction of sp³-hybridized carbons (Fsp3) is 0.500. The van der Waals surface area contributed by atoms with Crippen LogP contribution in [0.1, 0.15) is 18.3 Å². The van der Waals surface area contributed by atoms with Crippen molar-refractivity contribution < 1.29 is 14.6 Å². The molecule has 1 aromatic heterocycles. The van der Waals surface area contributed by atoms with Gasteiger partial charge in [-0.05, 0) is 19.9 Å². The van der Waals surface area contributed by atoms with Gasteiger partial charge in [0.25, 0.3) is 0 Å². The summed E-state index contributed by atoms with van der Waals surface area (Å²) in [5.74, 6) is -0.508. The molecule has 1 aliphatic rings. The van der Waals surface area contributed by atoms with Gasteiger partial charge < -0.3 is 14.7 Å². The second kappa shape index (κ2) is 4.82. The van der Waals surface area contributed by atoms with Crippen LogP contribution in [-0.4, -0.2) is 46.3 Å². The number of nitrogens with zero attached hydrogens (tertiary/aromatic N) is 4. The van der Waals surface area contributed by atoms with Crippen molar-refractivity contribution >= 4 is 11.9 Å². The van der Waals surface area contributed by atoms with E-state index < -0.39 is 11.6 Å². The van der Waals surface area contributed by atoms with Gasteiger partial charge in [-0.15, -0.1) is 0 Å². The van der Waals surface area contributed by atoms with Gasteiger partial charge in [0, 0.05) is 5.69 Å². The number of rotatable bonds is 4. The number of hydrogen-bond donors (Lipinski definition) is 1. The number of ether oxygens (including phenoxy) is 1. The van der Waals surface area contributed by atoms with Crippen molar-refractivity contribution in [1.82, 2.24) is 9.97 Å². The van der Waals surface area contributed by atoms with Gasteiger partial charge in [0.2, 0.25) is 5.95 Å². The molecule has 1 aromatic rings. The Morgan fingerprint density at radius 2 is 2.32 bits per heavy atom. The van der Waals surface area contributed by atoms with E-state index in [0.717, 1.165) is 5.69 Å². The van der Waals surface area contributed by atoms with Gasteiger partial charge in [0.15, 0.2) is 0 Å². The molecule has 0 amide bonds. The standard InChI is InChI=1S/C12H14N4O3/c1-8-3-9(4-13)15-11(14-8)16-6-12(2,7-16)19-5-10(17)18/h3H,5-7H2,1-2H3,(H,17,18). The number of aromatic nitrogens is 2. The Balaban J connectivity index is 2.02. The van der Waals surface area contributed by atoms with Crippen molar-refractivity contribution in [2.75, 3.05) is 24.6 Å². The van der Waals surface area contributed by atoms with Crippen molar-refractivity contribution in [2.45, 2.75) is 19.4 Å². The summed E-state index contributed by atoms with van der Waals surface area (Å²) in [4.78, 5) is 20.7. The largest absolute Gasteiger partial charge is 0.480 e. The first kappa shape index (κ1) is 13.2. The Morgan fingerprint density at radius 3 is 2.89 bits per heavy atom. The lowest BCUT2D eigenvalue weighted by Gasteiger charge is -2.47. The third-order valence-electron chi connectivity index (χ3n) is 2.83. The average molecular weight is 262 g/mol. The van der Waals surface area contributed by atoms with Crippen LogP contribution in [0.2, 0.25) is 0 Å². The SMILES string of the molecule is Cc1cc(C#N)nc(N2CC(C)(OCC(=O)O)C2)n1. The molecular formula is C12H14N4O3. The summed E-state index contributed by atoms with van der Waals surface area (Å²) in [5, 5.41) is 17.4. The van der Waals surface area contributed by atoms with Crippen LogP contribution >= 0.6 is 0 Å². The lowest BCUT2D eigenvalue weighted by Crippen LogP contribution is -2.62. The average Bonchev–Trinajstić information content (AvgIpc) is 2.32. The van der Waals surface area contributed by atoms with Gasteiger partial charge in [-0.2, -0.15) is 5.26 Å². The predicted octanol–water partition coefficient (Wildman–Crippen LogP) is 0.337. The highest BCUT2D eigenvalue weighted by molar-refractivity contribution is 5.68. The van der Waals surface area contributed by atoms with Crippen LogP contribution in [0.4, 0.5) is 5.95 Å². The van der Waals surface area contributed by atoms with E-state index in [1.807, 2.05) is 17.9 Å². The van der Waals surface area contributed by atoms with E-state index in [4.69, 9.17) is 15.1 Å². The zero-order valence-corrected chi connectivity index (χ0v) is 10.8. The highest BCUT2D eigenvalue weighted by Gasteiger charge is 2.41. The summed E-state index contributed by atoms with van der Waals surface area (Å²) in [6.45, 7) is 4.34. The van der Waals surface area contributed by atoms with Crippen molar-refractivity contribution in [3.63, 3.8) is 0 Å². The van der Waals surface area contributed by atoms with E-state index in [-0.39, 0.29) is 6.61 Å². The summed E-state index contributed by atoms with van der Waals surface area (Å²) in [6, 6.07) is 3.60. The fourth-order valence-electron chi connectivity index (χ4n) is 1.98. The molecule has 7 heteroatoms. The lowest BCUT2D eigenvalue weighted by molar-refractivity contribution is -0.150. The molecule has 7 nitrogen and oxygen atoms in total. The first-order valence-corrected chi connectivity index (χ1v) is 5.78. The van der Waals surface area contributed by atoms with Crippen molar-refractivity contribution in [2.24, 2.45) is 0 Å². The van der Waals surface area contributed by atoms with Gasteiger partial charge in [0.1, 0.15) is 24.0 Å². The topological polar surface area (TPSA) is 99.3 Å². The van der Waals surface area contributed by atoms with E-state index >= 15 is 0 Å². The van der Waals surface area contributed by atoms with Crippen molar-refractivity contribution in [1.29, 1.82) is 5.26 Å². The Hall–Kier alpha value is -2.20. The molecule has 0 saturated carbocycles. The molecule has 1 fully saturated rings. The molecule has 0 unspecified atom stereocenters. The number of anilines is 1. The predicted molar refractivity (Wildman–Crippen MR) is 65.7 cm³/mol. The third-order valence-corrected chi connectivity index (χ3v) is 2.83. The summed E-state index contributed by atoms with van der Waals surface area (Å²) < 4.78 is 5.30. The van der Waals surface area contributed by atoms with Gasteiger partial charge in [-0.3, -0.25) is 0 Å². The molecule has 100 valence electrons. The minimum atomic E-state index is -0.988. The van der Waals surface area contributed by atoms with Crippen LogP contribution in [0, 0.1) is 18.3 Å². The fourth-order valence-corrected chi connectivity index (χ4v) is 1.98. The maximum Gasteiger partial charge on any atom is 0.329 e. The molecule has 0 atom stereocenters. The van der Waals surface area contributed by atoms with Gasteiger partial charge in [-0.1, -0.05) is 0 Å².